The fraction of sp³-hybridized carbons (Fsp3) is 0.125. The number of phenols is 1. The molecule has 2 heterocycles. The standard InChI is InChI=1S/C24H19F3N4O3S/c1-3-31(2)35-30-19-5-4-17(25)21(22(19)27)23(34)15-10-29-24-14(15)6-13(9-28-24)12-7-18(26)16(11-32)20(33)8-12/h4-11,30,33H,3H2,1-2H3,(H,28,29). The number of carbonyl (C=O) groups is 2. The molecule has 0 aliphatic carbocycles. The molecule has 2 aromatic carbocycles. The van der Waals surface area contributed by atoms with Gasteiger partial charge in [-0.3, -0.25) is 9.59 Å². The highest BCUT2D eigenvalue weighted by Gasteiger charge is 2.25. The van der Waals surface area contributed by atoms with Crippen molar-refractivity contribution in [3.63, 3.8) is 0 Å². The summed E-state index contributed by atoms with van der Waals surface area (Å²) in [7, 11) is 1.78. The maximum atomic E-state index is 15.2. The van der Waals surface area contributed by atoms with E-state index < -0.39 is 40.1 Å². The van der Waals surface area contributed by atoms with E-state index in [0.717, 1.165) is 24.3 Å². The van der Waals surface area contributed by atoms with Gasteiger partial charge in [0.1, 0.15) is 23.0 Å². The Morgan fingerprint density at radius 3 is 2.66 bits per heavy atom. The van der Waals surface area contributed by atoms with Crippen molar-refractivity contribution in [1.82, 2.24) is 14.3 Å². The van der Waals surface area contributed by atoms with Crippen molar-refractivity contribution < 1.29 is 27.9 Å². The van der Waals surface area contributed by atoms with E-state index in [9.17, 15) is 23.5 Å². The SMILES string of the molecule is CCN(C)SNc1ccc(F)c(C(=O)c2c[nH]c3ncc(-c4cc(O)c(C=O)c(F)c4)cc23)c1F. The van der Waals surface area contributed by atoms with Crippen LogP contribution in [0.5, 0.6) is 5.75 Å². The number of H-pyrrole nitrogens is 1. The summed E-state index contributed by atoms with van der Waals surface area (Å²) in [6, 6.07) is 5.91. The molecule has 11 heteroatoms. The third-order valence-corrected chi connectivity index (χ3v) is 6.29. The molecule has 35 heavy (non-hydrogen) atoms. The van der Waals surface area contributed by atoms with Crippen LogP contribution in [-0.4, -0.2) is 45.0 Å². The molecule has 0 unspecified atom stereocenters. The Labute approximate surface area is 202 Å². The molecule has 2 aromatic heterocycles. The fourth-order valence-electron chi connectivity index (χ4n) is 3.40. The van der Waals surface area contributed by atoms with Gasteiger partial charge in [-0.15, -0.1) is 0 Å². The van der Waals surface area contributed by atoms with Crippen LogP contribution in [0.1, 0.15) is 33.2 Å². The Morgan fingerprint density at radius 1 is 1.20 bits per heavy atom. The number of fused-ring (bicyclic) bond motifs is 1. The number of benzene rings is 2. The Hall–Kier alpha value is -3.83. The molecule has 0 saturated carbocycles. The van der Waals surface area contributed by atoms with E-state index in [-0.39, 0.29) is 34.1 Å². The minimum atomic E-state index is -1.04. The predicted molar refractivity (Wildman–Crippen MR) is 128 cm³/mol. The summed E-state index contributed by atoms with van der Waals surface area (Å²) in [6.45, 7) is 2.56. The molecule has 0 saturated heterocycles. The molecule has 3 N–H and O–H groups in total. The van der Waals surface area contributed by atoms with Crippen LogP contribution in [0.15, 0.2) is 42.7 Å². The van der Waals surface area contributed by atoms with Crippen LogP contribution in [0.25, 0.3) is 22.2 Å². The number of pyridine rings is 1. The number of anilines is 1. The van der Waals surface area contributed by atoms with E-state index >= 15 is 4.39 Å². The summed E-state index contributed by atoms with van der Waals surface area (Å²) in [5, 5.41) is 10.2. The van der Waals surface area contributed by atoms with Gasteiger partial charge in [-0.05, 0) is 42.9 Å². The van der Waals surface area contributed by atoms with Gasteiger partial charge in [0.2, 0.25) is 5.78 Å². The van der Waals surface area contributed by atoms with Crippen LogP contribution >= 0.6 is 12.1 Å². The molecule has 0 fully saturated rings. The van der Waals surface area contributed by atoms with Crippen molar-refractivity contribution in [3.05, 3.63) is 76.9 Å². The first kappa shape index (κ1) is 24.3. The van der Waals surface area contributed by atoms with Crippen molar-refractivity contribution in [1.29, 1.82) is 0 Å². The highest BCUT2D eigenvalue weighted by atomic mass is 32.2. The Morgan fingerprint density at radius 2 is 1.97 bits per heavy atom. The van der Waals surface area contributed by atoms with E-state index in [2.05, 4.69) is 14.7 Å². The van der Waals surface area contributed by atoms with Crippen molar-refractivity contribution in [2.75, 3.05) is 18.3 Å². The van der Waals surface area contributed by atoms with Gasteiger partial charge in [-0.25, -0.2) is 22.5 Å². The number of halogens is 3. The predicted octanol–water partition coefficient (Wildman–Crippen LogP) is 5.32. The molecule has 7 nitrogen and oxygen atoms in total. The zero-order valence-electron chi connectivity index (χ0n) is 18.5. The number of aromatic hydroxyl groups is 1. The maximum Gasteiger partial charge on any atom is 0.201 e. The first-order chi connectivity index (χ1) is 16.7. The van der Waals surface area contributed by atoms with Crippen LogP contribution in [0.2, 0.25) is 0 Å². The van der Waals surface area contributed by atoms with Gasteiger partial charge < -0.3 is 14.8 Å². The highest BCUT2D eigenvalue weighted by Crippen LogP contribution is 2.32. The van der Waals surface area contributed by atoms with Gasteiger partial charge in [0.25, 0.3) is 0 Å². The molecule has 0 amide bonds. The van der Waals surface area contributed by atoms with E-state index in [1.807, 2.05) is 6.92 Å². The first-order valence-electron chi connectivity index (χ1n) is 10.4. The molecular formula is C24H19F3N4O3S. The van der Waals surface area contributed by atoms with Gasteiger partial charge in [-0.2, -0.15) is 0 Å². The topological polar surface area (TPSA) is 98.3 Å². The maximum absolute atomic E-state index is 15.2. The van der Waals surface area contributed by atoms with Crippen LogP contribution in [0, 0.1) is 17.5 Å². The van der Waals surface area contributed by atoms with Crippen LogP contribution in [0.3, 0.4) is 0 Å². The third kappa shape index (κ3) is 4.60. The molecule has 0 spiro atoms. The second-order valence-corrected chi connectivity index (χ2v) is 8.59. The van der Waals surface area contributed by atoms with Gasteiger partial charge >= 0.3 is 0 Å². The van der Waals surface area contributed by atoms with Gasteiger partial charge in [0.15, 0.2) is 12.1 Å². The van der Waals surface area contributed by atoms with Crippen molar-refractivity contribution in [3.8, 4) is 16.9 Å². The number of nitrogens with one attached hydrogen (secondary N) is 2. The van der Waals surface area contributed by atoms with E-state index in [1.54, 1.807) is 11.4 Å². The van der Waals surface area contributed by atoms with Crippen molar-refractivity contribution in [2.24, 2.45) is 0 Å². The smallest absolute Gasteiger partial charge is 0.201 e. The Bertz CT molecular complexity index is 1430. The quantitative estimate of drug-likeness (QED) is 0.171. The summed E-state index contributed by atoms with van der Waals surface area (Å²) in [6.07, 6.45) is 2.86. The molecule has 0 atom stereocenters. The summed E-state index contributed by atoms with van der Waals surface area (Å²) in [5.41, 5.74) is -0.546. The zero-order valence-corrected chi connectivity index (χ0v) is 19.3. The lowest BCUT2D eigenvalue weighted by molar-refractivity contribution is 0.103. The van der Waals surface area contributed by atoms with Gasteiger partial charge in [-0.1, -0.05) is 6.92 Å². The molecule has 4 aromatic rings. The lowest BCUT2D eigenvalue weighted by Gasteiger charge is -2.15. The molecule has 0 aliphatic rings. The van der Waals surface area contributed by atoms with E-state index in [1.165, 1.54) is 30.6 Å². The Balaban J connectivity index is 1.76. The van der Waals surface area contributed by atoms with Gasteiger partial charge in [0, 0.05) is 47.6 Å². The van der Waals surface area contributed by atoms with Crippen LogP contribution in [-0.2, 0) is 0 Å². The molecule has 0 aliphatic heterocycles. The number of nitrogens with zero attached hydrogens (tertiary/aromatic N) is 2. The Kier molecular flexibility index (Phi) is 6.81. The number of rotatable bonds is 8. The fourth-order valence-corrected chi connectivity index (χ4v) is 3.94. The number of ketones is 1. The third-order valence-electron chi connectivity index (χ3n) is 5.41. The number of carbonyl (C=O) groups excluding carboxylic acids is 2. The van der Waals surface area contributed by atoms with Crippen molar-refractivity contribution >= 4 is 40.9 Å². The summed E-state index contributed by atoms with van der Waals surface area (Å²) in [5.74, 6) is -4.46. The number of aromatic amines is 1. The second kappa shape index (κ2) is 9.80. The number of hydrogen-bond acceptors (Lipinski definition) is 7. The highest BCUT2D eigenvalue weighted by molar-refractivity contribution is 7.98. The van der Waals surface area contributed by atoms with E-state index in [4.69, 9.17) is 0 Å². The minimum Gasteiger partial charge on any atom is -0.507 e. The average Bonchev–Trinajstić information content (AvgIpc) is 3.26. The largest absolute Gasteiger partial charge is 0.507 e. The minimum absolute atomic E-state index is 0.0446. The molecule has 4 rings (SSSR count). The number of phenolic OH excluding ortho intramolecular Hbond substituents is 1. The second-order valence-electron chi connectivity index (χ2n) is 7.58. The number of aromatic nitrogens is 2. The molecule has 180 valence electrons. The van der Waals surface area contributed by atoms with E-state index in [0.29, 0.717) is 12.1 Å². The lowest BCUT2D eigenvalue weighted by Crippen LogP contribution is -2.13. The average molecular weight is 501 g/mol. The summed E-state index contributed by atoms with van der Waals surface area (Å²) < 4.78 is 48.5. The number of aldehydes is 1. The van der Waals surface area contributed by atoms with Crippen molar-refractivity contribution in [2.45, 2.75) is 6.92 Å². The first-order valence-corrected chi connectivity index (χ1v) is 11.1. The number of hydrogen-bond donors (Lipinski definition) is 3. The van der Waals surface area contributed by atoms with Crippen LogP contribution in [0.4, 0.5) is 18.9 Å². The van der Waals surface area contributed by atoms with Gasteiger partial charge in [0.05, 0.1) is 16.8 Å². The summed E-state index contributed by atoms with van der Waals surface area (Å²) in [4.78, 5) is 31.1. The molecule has 0 bridgehead atoms. The lowest BCUT2D eigenvalue weighted by atomic mass is 9.99. The summed E-state index contributed by atoms with van der Waals surface area (Å²) >= 11 is 1.09. The molecular weight excluding hydrogens is 481 g/mol. The normalized spacial score (nSPS) is 11.3. The monoisotopic (exact) mass is 500 g/mol. The molecule has 0 radical (unpaired) electrons. The van der Waals surface area contributed by atoms with Crippen LogP contribution < -0.4 is 4.72 Å². The zero-order chi connectivity index (χ0) is 25.3.